The lowest BCUT2D eigenvalue weighted by molar-refractivity contribution is -0.185. The molecule has 0 bridgehead atoms. The van der Waals surface area contributed by atoms with Crippen LogP contribution >= 0.6 is 0 Å². The molecular weight excluding hydrogens is 1060 g/mol. The minimum atomic E-state index is -4.89. The van der Waals surface area contributed by atoms with E-state index in [-0.39, 0.29) is 36.9 Å². The molecule has 2 fully saturated rings. The maximum absolute atomic E-state index is 13.0. The van der Waals surface area contributed by atoms with Gasteiger partial charge in [-0.15, -0.1) is 0 Å². The van der Waals surface area contributed by atoms with E-state index in [4.69, 9.17) is 94.6 Å². The molecule has 3 amide bonds. The number of nitrogens with zero attached hydrogens (tertiary/aromatic N) is 3. The molecule has 2 atom stereocenters. The molecule has 23 radical (unpaired) electrons. The number of likely N-dealkylation sites (tertiary alicyclic amines) is 1. The maximum atomic E-state index is 13.0. The quantitative estimate of drug-likeness (QED) is 0.163. The molecule has 0 aliphatic carbocycles. The summed E-state index contributed by atoms with van der Waals surface area (Å²) < 4.78 is 52.1. The van der Waals surface area contributed by atoms with Crippen molar-refractivity contribution in [3.05, 3.63) is 142 Å². The Labute approximate surface area is 529 Å². The Kier molecular flexibility index (Phi) is 26.1. The molecule has 2 unspecified atom stereocenters. The second-order valence-corrected chi connectivity index (χ2v) is 22.7. The number of hydrogen-bond donors (Lipinski definition) is 1. The molecule has 0 aromatic heterocycles. The van der Waals surface area contributed by atoms with Gasteiger partial charge in [0.15, 0.2) is 0 Å². The number of amides is 3. The van der Waals surface area contributed by atoms with Gasteiger partial charge in [0.1, 0.15) is 22.7 Å². The Morgan fingerprint density at radius 2 is 1.05 bits per heavy atom. The van der Waals surface area contributed by atoms with Crippen molar-refractivity contribution in [2.24, 2.45) is 0 Å². The van der Waals surface area contributed by atoms with Gasteiger partial charge in [0, 0.05) is 224 Å². The molecule has 0 saturated carbocycles. The summed E-state index contributed by atoms with van der Waals surface area (Å²) in [5.41, 5.74) is 7.48. The van der Waals surface area contributed by atoms with Gasteiger partial charge < -0.3 is 29.5 Å². The van der Waals surface area contributed by atoms with E-state index in [9.17, 15) is 27.6 Å². The smallest absolute Gasteiger partial charge is 0.471 e. The number of carbonyl (C=O) groups excluding carboxylic acids is 3. The number of nitrogens with one attached hydrogen (secondary N) is 1. The Hall–Kier alpha value is -4.52. The van der Waals surface area contributed by atoms with E-state index in [1.807, 2.05) is 106 Å². The summed E-state index contributed by atoms with van der Waals surface area (Å²) in [6.07, 6.45) is -3.14. The predicted molar refractivity (Wildman–Crippen MR) is 370 cm³/mol. The third kappa shape index (κ3) is 17.5. The van der Waals surface area contributed by atoms with Gasteiger partial charge in [-0.3, -0.25) is 14.4 Å². The highest BCUT2D eigenvalue weighted by Crippen LogP contribution is 2.45. The Balaban J connectivity index is 0.000000214. The van der Waals surface area contributed by atoms with Gasteiger partial charge in [-0.1, -0.05) is 54.1 Å². The minimum absolute atomic E-state index is 0.0292. The fourth-order valence-corrected chi connectivity index (χ4v) is 12.2. The van der Waals surface area contributed by atoms with Crippen LogP contribution in [0.3, 0.4) is 0 Å². The first-order chi connectivity index (χ1) is 40.8. The molecule has 407 valence electrons. The zero-order valence-corrected chi connectivity index (χ0v) is 50.4. The van der Waals surface area contributed by atoms with Gasteiger partial charge in [0.25, 0.3) is 11.8 Å². The van der Waals surface area contributed by atoms with E-state index in [0.717, 1.165) is 95.0 Å². The molecule has 4 aliphatic rings. The zero-order chi connectivity index (χ0) is 63.3. The number of halogens is 3. The van der Waals surface area contributed by atoms with Crippen molar-refractivity contribution in [1.82, 2.24) is 20.0 Å². The van der Waals surface area contributed by atoms with E-state index in [2.05, 4.69) is 41.7 Å². The topological polar surface area (TPSA) is 91.4 Å². The minimum Gasteiger partial charge on any atom is -0.482 e. The normalized spacial score (nSPS) is 17.6. The second kappa shape index (κ2) is 31.8. The monoisotopic (exact) mass is 1120 g/mol. The van der Waals surface area contributed by atoms with Crippen LogP contribution in [0.15, 0.2) is 103 Å². The van der Waals surface area contributed by atoms with E-state index < -0.39 is 75.2 Å². The Morgan fingerprint density at radius 3 is 1.51 bits per heavy atom. The number of rotatable bonds is 17. The molecular formula is C53H61B21F3N4O5. The zero-order valence-electron chi connectivity index (χ0n) is 50.4. The average molecular weight is 1120 g/mol. The lowest BCUT2D eigenvalue weighted by Gasteiger charge is -2.43. The highest BCUT2D eigenvalue weighted by molar-refractivity contribution is 8.20. The van der Waals surface area contributed by atoms with E-state index in [1.54, 1.807) is 4.90 Å². The van der Waals surface area contributed by atoms with E-state index in [0.29, 0.717) is 37.2 Å². The molecule has 2 spiro atoms. The number of benzene rings is 4. The van der Waals surface area contributed by atoms with Crippen molar-refractivity contribution in [2.75, 3.05) is 52.4 Å². The van der Waals surface area contributed by atoms with Crippen molar-refractivity contribution in [2.45, 2.75) is 90.5 Å². The van der Waals surface area contributed by atoms with Crippen LogP contribution in [0.25, 0.3) is 11.1 Å². The predicted octanol–water partition coefficient (Wildman–Crippen LogP) is 2.12. The second-order valence-electron chi connectivity index (χ2n) is 22.7. The van der Waals surface area contributed by atoms with Crippen LogP contribution in [-0.4, -0.2) is 252 Å². The average Bonchev–Trinajstić information content (AvgIpc) is 2.18. The number of fused-ring (bicyclic) bond motifs is 2. The fourth-order valence-electron chi connectivity index (χ4n) is 12.2. The summed E-state index contributed by atoms with van der Waals surface area (Å²) in [6, 6.07) is 29.6. The van der Waals surface area contributed by atoms with Crippen molar-refractivity contribution in [3.8, 4) is 11.5 Å². The van der Waals surface area contributed by atoms with Crippen LogP contribution in [0.5, 0.6) is 11.5 Å². The summed E-state index contributed by atoms with van der Waals surface area (Å²) in [4.78, 5) is 41.8. The molecule has 33 heteroatoms. The standard InChI is InChI=1S/C28H31F3N2O3.C25H30N2O2.B21/c1-4-32(5-2)25(34)21-10-8-20(9-11-21)23-18-27(36-24-12-7-19(3)17-22(23)24)13-6-15-33(16-14-27)26(35)28(29,30)31;1-3-27(4-2)24(28)20-12-10-19(11-13-20)22-18-25(14-7-16-26-17-15-25)29-23-9-6-5-8-21(22)23;1-12-18(13(2)3)21(19(14(4)5)15(6)7)20(16(8)9)17(10)11/h7-12,17-18H,4-6,13-16H2,1-3H3;5-6,8-13,18,26H,3-4,7,14-17H2,1-2H3;. The van der Waals surface area contributed by atoms with Gasteiger partial charge >= 0.3 is 12.1 Å². The highest BCUT2D eigenvalue weighted by atomic mass is 19.4. The van der Waals surface area contributed by atoms with Crippen LogP contribution < -0.4 is 14.8 Å². The summed E-state index contributed by atoms with van der Waals surface area (Å²) in [7, 11) is 64.8. The molecule has 4 heterocycles. The Bertz CT molecular complexity index is 2920. The molecule has 9 nitrogen and oxygen atoms in total. The van der Waals surface area contributed by atoms with Crippen molar-refractivity contribution < 1.29 is 37.0 Å². The van der Waals surface area contributed by atoms with Gasteiger partial charge in [0.2, 0.25) is 0 Å². The number of carbonyl (C=O) groups is 3. The first-order valence-corrected chi connectivity index (χ1v) is 29.8. The van der Waals surface area contributed by atoms with Crippen LogP contribution in [0.4, 0.5) is 13.2 Å². The molecule has 1 N–H and O–H groups in total. The first kappa shape index (κ1) is 70.6. The number of ether oxygens (including phenoxy) is 2. The van der Waals surface area contributed by atoms with Gasteiger partial charge in [-0.25, -0.2) is 0 Å². The van der Waals surface area contributed by atoms with Gasteiger partial charge in [-0.05, 0) is 150 Å². The molecule has 86 heavy (non-hydrogen) atoms. The molecule has 4 aromatic carbocycles. The molecule has 4 aliphatic heterocycles. The van der Waals surface area contributed by atoms with Gasteiger partial charge in [0.05, 0.1) is 0 Å². The number of aryl methyl sites for hydroxylation is 1. The third-order valence-electron chi connectivity index (χ3n) is 16.8. The lowest BCUT2D eigenvalue weighted by atomic mass is 8.38. The van der Waals surface area contributed by atoms with Crippen LogP contribution in [0, 0.1) is 6.92 Å². The number of alkyl halides is 3. The Morgan fingerprint density at radius 1 is 0.581 bits per heavy atom. The maximum Gasteiger partial charge on any atom is 0.471 e. The third-order valence-corrected chi connectivity index (χ3v) is 16.8. The SMILES string of the molecule is CCN(CC)C(=O)c1ccc(C2=CC3(CCCN(C(=O)C(F)(F)F)CC3)Oc3ccc(C)cc32)cc1.CCN(CC)C(=O)c1ccc(C2=CC3(CCCNCC3)Oc3ccccc32)cc1.[B][B]B(B([B])[B])B(B(B([B])[B])B([B])[B])B(B([B])[B])B([B])[B]. The van der Waals surface area contributed by atoms with Crippen LogP contribution in [0.2, 0.25) is 0 Å². The van der Waals surface area contributed by atoms with Crippen LogP contribution in [-0.2, 0) is 4.79 Å². The van der Waals surface area contributed by atoms with Crippen molar-refractivity contribution in [1.29, 1.82) is 0 Å². The summed E-state index contributed by atoms with van der Waals surface area (Å²) in [5, 5.41) is 3.49. The molecule has 4 aromatic rings. The van der Waals surface area contributed by atoms with Gasteiger partial charge in [-0.2, -0.15) is 13.2 Å². The number of para-hydroxylation sites is 1. The van der Waals surface area contributed by atoms with E-state index in [1.165, 1.54) is 12.6 Å². The highest BCUT2D eigenvalue weighted by Gasteiger charge is 2.47. The summed E-state index contributed by atoms with van der Waals surface area (Å²) in [6.45, 7) is 14.6. The summed E-state index contributed by atoms with van der Waals surface area (Å²) in [5.74, 6) is -0.121. The molecule has 8 rings (SSSR count). The van der Waals surface area contributed by atoms with Crippen LogP contribution in [0.1, 0.15) is 115 Å². The molecule has 2 saturated heterocycles. The largest absolute Gasteiger partial charge is 0.482 e. The van der Waals surface area contributed by atoms with Crippen molar-refractivity contribution in [3.63, 3.8) is 0 Å². The number of hydrogen-bond acceptors (Lipinski definition) is 6. The fraction of sp³-hybridized carbons (Fsp3) is 0.415. The van der Waals surface area contributed by atoms with E-state index >= 15 is 0 Å². The van der Waals surface area contributed by atoms with Crippen molar-refractivity contribution >= 4 is 179 Å². The lowest BCUT2D eigenvalue weighted by Crippen LogP contribution is -2.81. The summed E-state index contributed by atoms with van der Waals surface area (Å²) >= 11 is 0. The first-order valence-electron chi connectivity index (χ1n) is 29.8.